The van der Waals surface area contributed by atoms with Crippen LogP contribution in [0, 0.1) is 5.92 Å². The van der Waals surface area contributed by atoms with E-state index >= 15 is 0 Å². The summed E-state index contributed by atoms with van der Waals surface area (Å²) in [6.07, 6.45) is -0.453. The first-order chi connectivity index (χ1) is 5.45. The Morgan fingerprint density at radius 2 is 2.00 bits per heavy atom. The van der Waals surface area contributed by atoms with E-state index in [0.717, 1.165) is 0 Å². The average molecular weight is 174 g/mol. The summed E-state index contributed by atoms with van der Waals surface area (Å²) in [5, 5.41) is 11.8. The zero-order valence-corrected chi connectivity index (χ0v) is 7.87. The van der Waals surface area contributed by atoms with Crippen LogP contribution >= 0.6 is 0 Å². The Morgan fingerprint density at radius 1 is 1.50 bits per heavy atom. The number of nitrogens with two attached hydrogens (primary N) is 1. The lowest BCUT2D eigenvalue weighted by Gasteiger charge is -2.19. The number of carbonyl (C=O) groups is 1. The fourth-order valence-electron chi connectivity index (χ4n) is 0.962. The second-order valence-corrected chi connectivity index (χ2v) is 3.38. The smallest absolute Gasteiger partial charge is 0.234 e. The summed E-state index contributed by atoms with van der Waals surface area (Å²) in [6, 6.07) is -0.348. The van der Waals surface area contributed by atoms with E-state index in [1.165, 1.54) is 0 Å². The molecule has 12 heavy (non-hydrogen) atoms. The van der Waals surface area contributed by atoms with E-state index in [1.54, 1.807) is 6.92 Å². The number of carbonyl (C=O) groups excluding carboxylic acids is 1. The molecule has 0 bridgehead atoms. The van der Waals surface area contributed by atoms with Gasteiger partial charge in [-0.1, -0.05) is 13.8 Å². The van der Waals surface area contributed by atoms with Gasteiger partial charge in [0.25, 0.3) is 0 Å². The second kappa shape index (κ2) is 5.11. The third-order valence-electron chi connectivity index (χ3n) is 1.61. The highest BCUT2D eigenvalue weighted by Gasteiger charge is 2.18. The number of aliphatic hydroxyl groups excluding tert-OH is 1. The lowest BCUT2D eigenvalue weighted by atomic mass is 10.0. The molecule has 0 saturated carbocycles. The molecule has 0 rings (SSSR count). The highest BCUT2D eigenvalue weighted by molar-refractivity contribution is 5.80. The largest absolute Gasteiger partial charge is 0.392 e. The zero-order chi connectivity index (χ0) is 9.72. The summed E-state index contributed by atoms with van der Waals surface area (Å²) in [5.74, 6) is -0.216. The summed E-state index contributed by atoms with van der Waals surface area (Å²) in [6.45, 7) is 5.87. The van der Waals surface area contributed by atoms with Gasteiger partial charge >= 0.3 is 0 Å². The Hall–Kier alpha value is -0.610. The molecule has 0 aromatic rings. The summed E-state index contributed by atoms with van der Waals surface area (Å²) >= 11 is 0. The van der Waals surface area contributed by atoms with Crippen LogP contribution in [-0.2, 0) is 4.79 Å². The van der Waals surface area contributed by atoms with Gasteiger partial charge in [-0.3, -0.25) is 4.79 Å². The molecule has 0 heterocycles. The van der Waals surface area contributed by atoms with Gasteiger partial charge in [-0.05, 0) is 12.8 Å². The standard InChI is InChI=1S/C8H18N2O2/c1-5(2)7(8(9)12)10-4-6(3)11/h5-7,10-11H,4H2,1-3H3,(H2,9,12)/t6-,7?/m1/s1. The van der Waals surface area contributed by atoms with Crippen molar-refractivity contribution in [3.8, 4) is 0 Å². The molecule has 4 nitrogen and oxygen atoms in total. The first-order valence-electron chi connectivity index (χ1n) is 4.16. The number of rotatable bonds is 5. The van der Waals surface area contributed by atoms with Crippen LogP contribution in [0.25, 0.3) is 0 Å². The van der Waals surface area contributed by atoms with E-state index in [0.29, 0.717) is 6.54 Å². The molecule has 72 valence electrons. The van der Waals surface area contributed by atoms with E-state index in [4.69, 9.17) is 10.8 Å². The molecule has 0 aliphatic heterocycles. The summed E-state index contributed by atoms with van der Waals surface area (Å²) in [4.78, 5) is 10.8. The number of nitrogens with one attached hydrogen (secondary N) is 1. The van der Waals surface area contributed by atoms with Crippen molar-refractivity contribution in [3.63, 3.8) is 0 Å². The van der Waals surface area contributed by atoms with Crippen LogP contribution in [-0.4, -0.2) is 29.7 Å². The maximum absolute atomic E-state index is 10.8. The minimum atomic E-state index is -0.453. The van der Waals surface area contributed by atoms with E-state index in [9.17, 15) is 4.79 Å². The number of hydrogen-bond donors (Lipinski definition) is 3. The molecule has 0 aromatic heterocycles. The second-order valence-electron chi connectivity index (χ2n) is 3.38. The van der Waals surface area contributed by atoms with Gasteiger partial charge in [0.05, 0.1) is 12.1 Å². The molecule has 0 radical (unpaired) electrons. The van der Waals surface area contributed by atoms with Crippen LogP contribution in [0.3, 0.4) is 0 Å². The Morgan fingerprint density at radius 3 is 2.25 bits per heavy atom. The van der Waals surface area contributed by atoms with Crippen LogP contribution in [0.1, 0.15) is 20.8 Å². The third kappa shape index (κ3) is 4.31. The fraction of sp³-hybridized carbons (Fsp3) is 0.875. The Labute approximate surface area is 73.1 Å². The molecule has 0 aliphatic carbocycles. The minimum Gasteiger partial charge on any atom is -0.392 e. The van der Waals surface area contributed by atoms with Gasteiger partial charge in [0, 0.05) is 6.54 Å². The SMILES string of the molecule is CC(C)C(NC[C@@H](C)O)C(N)=O. The Balaban J connectivity index is 3.88. The molecule has 1 amide bonds. The van der Waals surface area contributed by atoms with E-state index in [-0.39, 0.29) is 17.9 Å². The summed E-state index contributed by atoms with van der Waals surface area (Å²) in [5.41, 5.74) is 5.14. The molecule has 0 aromatic carbocycles. The highest BCUT2D eigenvalue weighted by atomic mass is 16.3. The third-order valence-corrected chi connectivity index (χ3v) is 1.61. The minimum absolute atomic E-state index is 0.154. The monoisotopic (exact) mass is 174 g/mol. The molecule has 2 atom stereocenters. The fourth-order valence-corrected chi connectivity index (χ4v) is 0.962. The maximum atomic E-state index is 10.8. The van der Waals surface area contributed by atoms with Gasteiger partial charge in [-0.2, -0.15) is 0 Å². The molecule has 0 saturated heterocycles. The predicted octanol–water partition coefficient (Wildman–Crippen LogP) is -0.533. The molecule has 0 spiro atoms. The van der Waals surface area contributed by atoms with Crippen molar-refractivity contribution < 1.29 is 9.90 Å². The number of amides is 1. The van der Waals surface area contributed by atoms with E-state index in [1.807, 2.05) is 13.8 Å². The van der Waals surface area contributed by atoms with Crippen LogP contribution in [0.4, 0.5) is 0 Å². The Kier molecular flexibility index (Phi) is 4.85. The summed E-state index contributed by atoms with van der Waals surface area (Å²) < 4.78 is 0. The lowest BCUT2D eigenvalue weighted by molar-refractivity contribution is -0.121. The van der Waals surface area contributed by atoms with Crippen LogP contribution in [0.5, 0.6) is 0 Å². The maximum Gasteiger partial charge on any atom is 0.234 e. The van der Waals surface area contributed by atoms with Crippen molar-refractivity contribution in [2.45, 2.75) is 32.9 Å². The van der Waals surface area contributed by atoms with Gasteiger partial charge in [0.2, 0.25) is 5.91 Å². The normalized spacial score (nSPS) is 16.1. The average Bonchev–Trinajstić information content (AvgIpc) is 1.84. The van der Waals surface area contributed by atoms with Gasteiger partial charge in [-0.25, -0.2) is 0 Å². The van der Waals surface area contributed by atoms with Gasteiger partial charge in [-0.15, -0.1) is 0 Å². The van der Waals surface area contributed by atoms with Crippen molar-refractivity contribution in [1.29, 1.82) is 0 Å². The van der Waals surface area contributed by atoms with Crippen molar-refractivity contribution in [2.24, 2.45) is 11.7 Å². The van der Waals surface area contributed by atoms with Crippen LogP contribution < -0.4 is 11.1 Å². The van der Waals surface area contributed by atoms with Gasteiger partial charge in [0.1, 0.15) is 0 Å². The summed E-state index contributed by atoms with van der Waals surface area (Å²) in [7, 11) is 0. The molecule has 1 unspecified atom stereocenters. The van der Waals surface area contributed by atoms with Crippen molar-refractivity contribution >= 4 is 5.91 Å². The molecule has 4 heteroatoms. The van der Waals surface area contributed by atoms with Crippen molar-refractivity contribution in [3.05, 3.63) is 0 Å². The van der Waals surface area contributed by atoms with Gasteiger partial charge < -0.3 is 16.2 Å². The molecular weight excluding hydrogens is 156 g/mol. The topological polar surface area (TPSA) is 75.3 Å². The van der Waals surface area contributed by atoms with E-state index < -0.39 is 6.10 Å². The van der Waals surface area contributed by atoms with Crippen molar-refractivity contribution in [1.82, 2.24) is 5.32 Å². The molecule has 0 aliphatic rings. The molecular formula is C8H18N2O2. The zero-order valence-electron chi connectivity index (χ0n) is 7.87. The first kappa shape index (κ1) is 11.4. The first-order valence-corrected chi connectivity index (χ1v) is 4.16. The molecule has 4 N–H and O–H groups in total. The quantitative estimate of drug-likeness (QED) is 0.524. The van der Waals surface area contributed by atoms with Gasteiger partial charge in [0.15, 0.2) is 0 Å². The number of aliphatic hydroxyl groups is 1. The predicted molar refractivity (Wildman–Crippen MR) is 47.5 cm³/mol. The molecule has 0 fully saturated rings. The van der Waals surface area contributed by atoms with E-state index in [2.05, 4.69) is 5.32 Å². The van der Waals surface area contributed by atoms with Crippen molar-refractivity contribution in [2.75, 3.05) is 6.54 Å². The van der Waals surface area contributed by atoms with Crippen LogP contribution in [0.2, 0.25) is 0 Å². The highest BCUT2D eigenvalue weighted by Crippen LogP contribution is 2.00. The number of hydrogen-bond acceptors (Lipinski definition) is 3. The Bertz CT molecular complexity index is 146. The lowest BCUT2D eigenvalue weighted by Crippen LogP contribution is -2.47. The van der Waals surface area contributed by atoms with Crippen LogP contribution in [0.15, 0.2) is 0 Å². The number of primary amides is 1.